The highest BCUT2D eigenvalue weighted by molar-refractivity contribution is 6.09. The molecule has 0 atom stereocenters. The maximum absolute atomic E-state index is 13.8. The van der Waals surface area contributed by atoms with Gasteiger partial charge in [0.15, 0.2) is 17.4 Å². The van der Waals surface area contributed by atoms with E-state index in [0.717, 1.165) is 5.39 Å². The van der Waals surface area contributed by atoms with E-state index < -0.39 is 17.4 Å². The summed E-state index contributed by atoms with van der Waals surface area (Å²) in [5, 5.41) is 0.740. The SMILES string of the molecule is Cc1ccc(C(=O)c2cc3ccccc3o2)c(F)c1F. The Morgan fingerprint density at radius 3 is 2.55 bits per heavy atom. The average Bonchev–Trinajstić information content (AvgIpc) is 2.88. The zero-order chi connectivity index (χ0) is 14.3. The first-order valence-electron chi connectivity index (χ1n) is 6.06. The topological polar surface area (TPSA) is 30.2 Å². The molecule has 0 saturated heterocycles. The van der Waals surface area contributed by atoms with Gasteiger partial charge in [0.25, 0.3) is 0 Å². The lowest BCUT2D eigenvalue weighted by atomic mass is 10.1. The molecule has 3 rings (SSSR count). The zero-order valence-electron chi connectivity index (χ0n) is 10.6. The molecule has 4 heteroatoms. The predicted octanol–water partition coefficient (Wildman–Crippen LogP) is 4.25. The summed E-state index contributed by atoms with van der Waals surface area (Å²) in [5.74, 6) is -2.83. The summed E-state index contributed by atoms with van der Waals surface area (Å²) in [6.45, 7) is 1.44. The van der Waals surface area contributed by atoms with Crippen molar-refractivity contribution in [2.24, 2.45) is 0 Å². The number of para-hydroxylation sites is 1. The van der Waals surface area contributed by atoms with E-state index in [2.05, 4.69) is 0 Å². The van der Waals surface area contributed by atoms with Crippen LogP contribution in [0, 0.1) is 18.6 Å². The van der Waals surface area contributed by atoms with Gasteiger partial charge in [-0.2, -0.15) is 0 Å². The van der Waals surface area contributed by atoms with Gasteiger partial charge >= 0.3 is 0 Å². The number of benzene rings is 2. The van der Waals surface area contributed by atoms with Crippen molar-refractivity contribution in [3.63, 3.8) is 0 Å². The molecule has 0 saturated carbocycles. The third-order valence-electron chi connectivity index (χ3n) is 3.17. The summed E-state index contributed by atoms with van der Waals surface area (Å²) in [5.41, 5.74) is 0.361. The highest BCUT2D eigenvalue weighted by atomic mass is 19.2. The van der Waals surface area contributed by atoms with Crippen molar-refractivity contribution >= 4 is 16.8 Å². The fourth-order valence-corrected chi connectivity index (χ4v) is 2.05. The van der Waals surface area contributed by atoms with E-state index in [1.807, 2.05) is 0 Å². The van der Waals surface area contributed by atoms with Crippen molar-refractivity contribution in [1.82, 2.24) is 0 Å². The lowest BCUT2D eigenvalue weighted by Gasteiger charge is -2.03. The second-order valence-corrected chi connectivity index (χ2v) is 4.54. The summed E-state index contributed by atoms with van der Waals surface area (Å²) in [6, 6.07) is 11.2. The van der Waals surface area contributed by atoms with E-state index in [9.17, 15) is 13.6 Å². The summed E-state index contributed by atoms with van der Waals surface area (Å²) >= 11 is 0. The number of ketones is 1. The Labute approximate surface area is 113 Å². The quantitative estimate of drug-likeness (QED) is 0.653. The predicted molar refractivity (Wildman–Crippen MR) is 70.7 cm³/mol. The van der Waals surface area contributed by atoms with Crippen LogP contribution in [0.2, 0.25) is 0 Å². The highest BCUT2D eigenvalue weighted by Crippen LogP contribution is 2.23. The molecule has 0 unspecified atom stereocenters. The van der Waals surface area contributed by atoms with E-state index in [4.69, 9.17) is 4.42 Å². The first kappa shape index (κ1) is 12.5. The fraction of sp³-hybridized carbons (Fsp3) is 0.0625. The molecule has 2 aromatic carbocycles. The van der Waals surface area contributed by atoms with E-state index in [0.29, 0.717) is 5.58 Å². The van der Waals surface area contributed by atoms with E-state index >= 15 is 0 Å². The van der Waals surface area contributed by atoms with Gasteiger partial charge in [-0.05, 0) is 30.7 Å². The Hall–Kier alpha value is -2.49. The molecule has 0 spiro atoms. The van der Waals surface area contributed by atoms with Crippen LogP contribution in [0.15, 0.2) is 46.9 Å². The maximum Gasteiger partial charge on any atom is 0.231 e. The molecule has 1 heterocycles. The molecular weight excluding hydrogens is 262 g/mol. The number of furan rings is 1. The molecule has 2 nitrogen and oxygen atoms in total. The minimum Gasteiger partial charge on any atom is -0.453 e. The summed E-state index contributed by atoms with van der Waals surface area (Å²) in [6.07, 6.45) is 0. The van der Waals surface area contributed by atoms with Gasteiger partial charge < -0.3 is 4.42 Å². The van der Waals surface area contributed by atoms with E-state index in [1.165, 1.54) is 25.1 Å². The largest absolute Gasteiger partial charge is 0.453 e. The van der Waals surface area contributed by atoms with E-state index in [1.54, 1.807) is 24.3 Å². The van der Waals surface area contributed by atoms with Crippen molar-refractivity contribution < 1.29 is 18.0 Å². The van der Waals surface area contributed by atoms with Crippen molar-refractivity contribution in [3.8, 4) is 0 Å². The van der Waals surface area contributed by atoms with Gasteiger partial charge in [-0.15, -0.1) is 0 Å². The van der Waals surface area contributed by atoms with Crippen molar-refractivity contribution in [3.05, 3.63) is 71.0 Å². The molecule has 0 aliphatic rings. The molecule has 3 aromatic rings. The zero-order valence-corrected chi connectivity index (χ0v) is 10.6. The van der Waals surface area contributed by atoms with Crippen LogP contribution >= 0.6 is 0 Å². The number of rotatable bonds is 2. The van der Waals surface area contributed by atoms with Crippen LogP contribution < -0.4 is 0 Å². The third-order valence-corrected chi connectivity index (χ3v) is 3.17. The normalized spacial score (nSPS) is 10.9. The van der Waals surface area contributed by atoms with Crippen molar-refractivity contribution in [2.45, 2.75) is 6.92 Å². The Kier molecular flexibility index (Phi) is 2.86. The summed E-state index contributed by atoms with van der Waals surface area (Å²) < 4.78 is 32.7. The minimum absolute atomic E-state index is 0.00615. The molecule has 0 fully saturated rings. The molecular formula is C16H10F2O2. The van der Waals surface area contributed by atoms with Crippen LogP contribution in [0.25, 0.3) is 11.0 Å². The van der Waals surface area contributed by atoms with Crippen LogP contribution in [0.3, 0.4) is 0 Å². The van der Waals surface area contributed by atoms with Gasteiger partial charge in [-0.3, -0.25) is 4.79 Å². The number of fused-ring (bicyclic) bond motifs is 1. The van der Waals surface area contributed by atoms with Crippen LogP contribution in [0.4, 0.5) is 8.78 Å². The monoisotopic (exact) mass is 272 g/mol. The molecule has 20 heavy (non-hydrogen) atoms. The standard InChI is InChI=1S/C16H10F2O2/c1-9-6-7-11(15(18)14(9)17)16(19)13-8-10-4-2-3-5-12(10)20-13/h2-8H,1H3. The lowest BCUT2D eigenvalue weighted by Crippen LogP contribution is -2.05. The maximum atomic E-state index is 13.8. The van der Waals surface area contributed by atoms with E-state index in [-0.39, 0.29) is 16.9 Å². The van der Waals surface area contributed by atoms with Gasteiger partial charge in [-0.25, -0.2) is 8.78 Å². The van der Waals surface area contributed by atoms with Crippen molar-refractivity contribution in [2.75, 3.05) is 0 Å². The Morgan fingerprint density at radius 1 is 1.05 bits per heavy atom. The Morgan fingerprint density at radius 2 is 1.80 bits per heavy atom. The number of hydrogen-bond donors (Lipinski definition) is 0. The van der Waals surface area contributed by atoms with Gasteiger partial charge in [-0.1, -0.05) is 24.3 Å². The number of carbonyl (C=O) groups excluding carboxylic acids is 1. The van der Waals surface area contributed by atoms with Gasteiger partial charge in [0, 0.05) is 5.39 Å². The first-order chi connectivity index (χ1) is 9.58. The van der Waals surface area contributed by atoms with Crippen LogP contribution in [0.5, 0.6) is 0 Å². The van der Waals surface area contributed by atoms with Crippen LogP contribution in [0.1, 0.15) is 21.7 Å². The first-order valence-corrected chi connectivity index (χ1v) is 6.06. The molecule has 100 valence electrons. The van der Waals surface area contributed by atoms with Crippen molar-refractivity contribution in [1.29, 1.82) is 0 Å². The molecule has 0 aliphatic carbocycles. The molecule has 0 amide bonds. The second kappa shape index (κ2) is 4.56. The number of hydrogen-bond acceptors (Lipinski definition) is 2. The summed E-state index contributed by atoms with van der Waals surface area (Å²) in [4.78, 5) is 12.2. The van der Waals surface area contributed by atoms with Crippen LogP contribution in [-0.2, 0) is 0 Å². The fourth-order valence-electron chi connectivity index (χ4n) is 2.05. The Bertz CT molecular complexity index is 785. The summed E-state index contributed by atoms with van der Waals surface area (Å²) in [7, 11) is 0. The van der Waals surface area contributed by atoms with Crippen LogP contribution in [-0.4, -0.2) is 5.78 Å². The smallest absolute Gasteiger partial charge is 0.231 e. The Balaban J connectivity index is 2.11. The highest BCUT2D eigenvalue weighted by Gasteiger charge is 2.21. The molecule has 0 N–H and O–H groups in total. The molecule has 0 radical (unpaired) electrons. The number of aryl methyl sites for hydroxylation is 1. The molecule has 0 aliphatic heterocycles. The number of halogens is 2. The number of carbonyl (C=O) groups is 1. The average molecular weight is 272 g/mol. The van der Waals surface area contributed by atoms with Gasteiger partial charge in [0.05, 0.1) is 5.56 Å². The van der Waals surface area contributed by atoms with Gasteiger partial charge in [0.1, 0.15) is 5.58 Å². The molecule has 1 aromatic heterocycles. The van der Waals surface area contributed by atoms with Gasteiger partial charge in [0.2, 0.25) is 5.78 Å². The minimum atomic E-state index is -1.14. The molecule has 0 bridgehead atoms. The lowest BCUT2D eigenvalue weighted by molar-refractivity contribution is 0.101. The third kappa shape index (κ3) is 1.90. The second-order valence-electron chi connectivity index (χ2n) is 4.54.